The Morgan fingerprint density at radius 3 is 2.56 bits per heavy atom. The molecule has 7 nitrogen and oxygen atoms in total. The van der Waals surface area contributed by atoms with Crippen molar-refractivity contribution in [2.45, 2.75) is 31.9 Å². The number of anilines is 2. The quantitative estimate of drug-likeness (QED) is 0.464. The Kier molecular flexibility index (Phi) is 6.49. The average Bonchev–Trinajstić information content (AvgIpc) is 2.78. The van der Waals surface area contributed by atoms with Crippen molar-refractivity contribution in [3.8, 4) is 11.3 Å². The molecule has 1 aliphatic carbocycles. The molecule has 4 rings (SSSR count). The molecule has 0 spiro atoms. The second kappa shape index (κ2) is 9.50. The van der Waals surface area contributed by atoms with Crippen molar-refractivity contribution < 1.29 is 27.9 Å². The van der Waals surface area contributed by atoms with Gasteiger partial charge in [0.15, 0.2) is 5.82 Å². The molecule has 0 aliphatic heterocycles. The number of carboxylic acid groups (broad SMARTS) is 1. The highest BCUT2D eigenvalue weighted by molar-refractivity contribution is 5.99. The maximum Gasteiger partial charge on any atom is 0.416 e. The average molecular weight is 470 g/mol. The zero-order valence-corrected chi connectivity index (χ0v) is 17.9. The van der Waals surface area contributed by atoms with E-state index in [2.05, 4.69) is 20.6 Å². The number of hydrogen-bond donors (Lipinski definition) is 3. The monoisotopic (exact) mass is 470 g/mol. The molecule has 176 valence electrons. The van der Waals surface area contributed by atoms with Gasteiger partial charge in [0.2, 0.25) is 0 Å². The highest BCUT2D eigenvalue weighted by atomic mass is 19.4. The molecule has 34 heavy (non-hydrogen) atoms. The summed E-state index contributed by atoms with van der Waals surface area (Å²) in [5.41, 5.74) is 2.87. The number of aliphatic carboxylic acids is 1. The maximum atomic E-state index is 12.8. The molecule has 1 aliphatic rings. The SMILES string of the molecule is O=C(O)CC1CCc2cc(-c3cnc(NC(=O)Nc4cccc(C(F)(F)F)c4)cn3)ccc2C1. The Morgan fingerprint density at radius 2 is 1.85 bits per heavy atom. The number of rotatable bonds is 5. The molecule has 0 saturated heterocycles. The number of urea groups is 1. The smallest absolute Gasteiger partial charge is 0.416 e. The Bertz CT molecular complexity index is 1210. The number of aromatic nitrogens is 2. The minimum absolute atomic E-state index is 0.00319. The first-order valence-electron chi connectivity index (χ1n) is 10.6. The first kappa shape index (κ1) is 23.2. The number of nitrogens with zero attached hydrogens (tertiary/aromatic N) is 2. The number of carboxylic acids is 1. The standard InChI is InChI=1S/C24H21F3N4O3/c25-24(26,27)18-2-1-3-19(11-18)30-23(34)31-21-13-28-20(12-29-21)17-7-6-15-8-14(9-22(32)33)4-5-16(15)10-17/h1-3,6-7,10-14H,4-5,8-9H2,(H,32,33)(H2,29,30,31,34). The van der Waals surface area contributed by atoms with E-state index in [4.69, 9.17) is 5.11 Å². The molecule has 0 fully saturated rings. The molecular formula is C24H21F3N4O3. The fourth-order valence-corrected chi connectivity index (χ4v) is 4.00. The first-order chi connectivity index (χ1) is 16.2. The predicted molar refractivity (Wildman–Crippen MR) is 119 cm³/mol. The van der Waals surface area contributed by atoms with Crippen molar-refractivity contribution >= 4 is 23.5 Å². The van der Waals surface area contributed by atoms with E-state index in [1.165, 1.54) is 24.5 Å². The van der Waals surface area contributed by atoms with Gasteiger partial charge in [0.05, 0.1) is 23.7 Å². The zero-order chi connectivity index (χ0) is 24.3. The van der Waals surface area contributed by atoms with Crippen molar-refractivity contribution in [1.82, 2.24) is 9.97 Å². The summed E-state index contributed by atoms with van der Waals surface area (Å²) in [7, 11) is 0. The topological polar surface area (TPSA) is 104 Å². The summed E-state index contributed by atoms with van der Waals surface area (Å²) in [4.78, 5) is 31.6. The molecule has 1 atom stereocenters. The van der Waals surface area contributed by atoms with Crippen LogP contribution in [0.4, 0.5) is 29.5 Å². The van der Waals surface area contributed by atoms with Crippen LogP contribution in [0.5, 0.6) is 0 Å². The molecule has 2 aromatic carbocycles. The van der Waals surface area contributed by atoms with E-state index < -0.39 is 23.7 Å². The van der Waals surface area contributed by atoms with Gasteiger partial charge in [0.1, 0.15) is 0 Å². The lowest BCUT2D eigenvalue weighted by Gasteiger charge is -2.23. The fourth-order valence-electron chi connectivity index (χ4n) is 4.00. The van der Waals surface area contributed by atoms with Gasteiger partial charge in [-0.25, -0.2) is 9.78 Å². The normalized spacial score (nSPS) is 15.3. The van der Waals surface area contributed by atoms with Crippen LogP contribution in [0.3, 0.4) is 0 Å². The minimum atomic E-state index is -4.51. The van der Waals surface area contributed by atoms with Gasteiger partial charge in [-0.1, -0.05) is 18.2 Å². The summed E-state index contributed by atoms with van der Waals surface area (Å²) < 4.78 is 38.5. The number of halogens is 3. The van der Waals surface area contributed by atoms with E-state index in [1.54, 1.807) is 0 Å². The van der Waals surface area contributed by atoms with E-state index in [1.807, 2.05) is 18.2 Å². The molecule has 10 heteroatoms. The van der Waals surface area contributed by atoms with Gasteiger partial charge in [-0.2, -0.15) is 13.2 Å². The second-order valence-electron chi connectivity index (χ2n) is 8.13. The van der Waals surface area contributed by atoms with Gasteiger partial charge in [-0.05, 0) is 60.6 Å². The van der Waals surface area contributed by atoms with Crippen molar-refractivity contribution in [3.05, 3.63) is 71.5 Å². The van der Waals surface area contributed by atoms with E-state index in [0.29, 0.717) is 5.69 Å². The Labute approximate surface area is 193 Å². The van der Waals surface area contributed by atoms with Crippen molar-refractivity contribution in [2.24, 2.45) is 5.92 Å². The zero-order valence-electron chi connectivity index (χ0n) is 17.9. The van der Waals surface area contributed by atoms with Crippen LogP contribution in [-0.2, 0) is 23.8 Å². The van der Waals surface area contributed by atoms with E-state index >= 15 is 0 Å². The molecule has 2 amide bonds. The molecule has 0 saturated carbocycles. The number of aryl methyl sites for hydroxylation is 1. The molecular weight excluding hydrogens is 449 g/mol. The van der Waals surface area contributed by atoms with E-state index in [9.17, 15) is 22.8 Å². The highest BCUT2D eigenvalue weighted by Gasteiger charge is 2.30. The van der Waals surface area contributed by atoms with Crippen molar-refractivity contribution in [3.63, 3.8) is 0 Å². The van der Waals surface area contributed by atoms with Crippen LogP contribution in [0.15, 0.2) is 54.9 Å². The maximum absolute atomic E-state index is 12.8. The van der Waals surface area contributed by atoms with Crippen molar-refractivity contribution in [2.75, 3.05) is 10.6 Å². The van der Waals surface area contributed by atoms with Gasteiger partial charge < -0.3 is 10.4 Å². The van der Waals surface area contributed by atoms with Gasteiger partial charge in [-0.15, -0.1) is 0 Å². The minimum Gasteiger partial charge on any atom is -0.481 e. The number of fused-ring (bicyclic) bond motifs is 1. The first-order valence-corrected chi connectivity index (χ1v) is 10.6. The number of carbonyl (C=O) groups is 2. The Balaban J connectivity index is 1.39. The van der Waals surface area contributed by atoms with Crippen LogP contribution >= 0.6 is 0 Å². The Hall–Kier alpha value is -3.95. The third-order valence-corrected chi connectivity index (χ3v) is 5.64. The van der Waals surface area contributed by atoms with Crippen LogP contribution < -0.4 is 10.6 Å². The molecule has 1 unspecified atom stereocenters. The molecule has 1 aromatic heterocycles. The predicted octanol–water partition coefficient (Wildman–Crippen LogP) is 5.39. The Morgan fingerprint density at radius 1 is 1.03 bits per heavy atom. The summed E-state index contributed by atoms with van der Waals surface area (Å²) in [5.74, 6) is -0.497. The van der Waals surface area contributed by atoms with Crippen molar-refractivity contribution in [1.29, 1.82) is 0 Å². The fraction of sp³-hybridized carbons (Fsp3) is 0.250. The van der Waals surface area contributed by atoms with Crippen LogP contribution in [0.25, 0.3) is 11.3 Å². The van der Waals surface area contributed by atoms with Crippen LogP contribution in [0, 0.1) is 5.92 Å². The molecule has 0 radical (unpaired) electrons. The lowest BCUT2D eigenvalue weighted by Crippen LogP contribution is -2.20. The lowest BCUT2D eigenvalue weighted by atomic mass is 9.81. The molecule has 3 N–H and O–H groups in total. The van der Waals surface area contributed by atoms with Crippen LogP contribution in [0.1, 0.15) is 29.5 Å². The third kappa shape index (κ3) is 5.69. The molecule has 3 aromatic rings. The van der Waals surface area contributed by atoms with E-state index in [-0.39, 0.29) is 23.8 Å². The summed E-state index contributed by atoms with van der Waals surface area (Å²) in [6, 6.07) is 9.47. The molecule has 0 bridgehead atoms. The van der Waals surface area contributed by atoms with Gasteiger partial charge in [0.25, 0.3) is 0 Å². The summed E-state index contributed by atoms with van der Waals surface area (Å²) in [5, 5.41) is 13.8. The number of alkyl halides is 3. The van der Waals surface area contributed by atoms with Gasteiger partial charge >= 0.3 is 18.2 Å². The largest absolute Gasteiger partial charge is 0.481 e. The second-order valence-corrected chi connectivity index (χ2v) is 8.13. The number of carbonyl (C=O) groups excluding carboxylic acids is 1. The summed E-state index contributed by atoms with van der Waals surface area (Å²) in [6.07, 6.45) is 0.871. The number of nitrogens with one attached hydrogen (secondary N) is 2. The van der Waals surface area contributed by atoms with Gasteiger partial charge in [-0.3, -0.25) is 15.1 Å². The number of amides is 2. The number of benzene rings is 2. The summed E-state index contributed by atoms with van der Waals surface area (Å²) >= 11 is 0. The van der Waals surface area contributed by atoms with E-state index in [0.717, 1.165) is 48.1 Å². The lowest BCUT2D eigenvalue weighted by molar-refractivity contribution is -0.138. The number of hydrogen-bond acceptors (Lipinski definition) is 4. The third-order valence-electron chi connectivity index (χ3n) is 5.64. The molecule has 1 heterocycles. The van der Waals surface area contributed by atoms with Crippen LogP contribution in [0.2, 0.25) is 0 Å². The highest BCUT2D eigenvalue weighted by Crippen LogP contribution is 2.32. The van der Waals surface area contributed by atoms with Gasteiger partial charge in [0, 0.05) is 17.7 Å². The summed E-state index contributed by atoms with van der Waals surface area (Å²) in [6.45, 7) is 0. The van der Waals surface area contributed by atoms with Crippen LogP contribution in [-0.4, -0.2) is 27.1 Å².